The van der Waals surface area contributed by atoms with Crippen LogP contribution >= 0.6 is 0 Å². The first-order chi connectivity index (χ1) is 18.4. The van der Waals surface area contributed by atoms with Crippen LogP contribution in [0.15, 0.2) is 59.1 Å². The van der Waals surface area contributed by atoms with Crippen LogP contribution in [0.2, 0.25) is 0 Å². The molecule has 0 fully saturated rings. The second-order valence-corrected chi connectivity index (χ2v) is 10.3. The third-order valence-electron chi connectivity index (χ3n) is 7.86. The molecule has 0 saturated carbocycles. The van der Waals surface area contributed by atoms with Crippen LogP contribution in [-0.2, 0) is 16.0 Å². The first kappa shape index (κ1) is 26.0. The summed E-state index contributed by atoms with van der Waals surface area (Å²) in [6, 6.07) is 8.80. The molecule has 0 saturated heterocycles. The van der Waals surface area contributed by atoms with Crippen LogP contribution in [0.25, 0.3) is 0 Å². The molecule has 3 aliphatic rings. The molecule has 5 rings (SSSR count). The number of phenols is 1. The predicted molar refractivity (Wildman–Crippen MR) is 141 cm³/mol. The highest BCUT2D eigenvalue weighted by atomic mass is 16.3. The van der Waals surface area contributed by atoms with Crippen molar-refractivity contribution in [1.82, 2.24) is 4.90 Å². The number of nitrogens with zero attached hydrogens (tertiary/aromatic N) is 1. The van der Waals surface area contributed by atoms with Crippen molar-refractivity contribution in [2.24, 2.45) is 17.6 Å². The molecule has 10 nitrogen and oxygen atoms in total. The number of aromatic hydroxyl groups is 1. The van der Waals surface area contributed by atoms with Gasteiger partial charge in [-0.3, -0.25) is 19.3 Å². The molecule has 4 atom stereocenters. The van der Waals surface area contributed by atoms with Crippen LogP contribution in [0.3, 0.4) is 0 Å². The minimum Gasteiger partial charge on any atom is -0.510 e. The van der Waals surface area contributed by atoms with Crippen molar-refractivity contribution in [3.63, 3.8) is 0 Å². The lowest BCUT2D eigenvalue weighted by Gasteiger charge is -2.50. The second kappa shape index (κ2) is 9.01. The van der Waals surface area contributed by atoms with Crippen LogP contribution in [0.4, 0.5) is 5.69 Å². The van der Waals surface area contributed by atoms with Crippen LogP contribution in [0.5, 0.6) is 5.75 Å². The summed E-state index contributed by atoms with van der Waals surface area (Å²) in [6.45, 7) is 0. The van der Waals surface area contributed by atoms with Crippen LogP contribution in [0.1, 0.15) is 33.5 Å². The van der Waals surface area contributed by atoms with E-state index in [-0.39, 0.29) is 29.7 Å². The number of nitrogens with two attached hydrogens (primary N) is 2. The minimum atomic E-state index is -2.67. The first-order valence-electron chi connectivity index (χ1n) is 12.2. The van der Waals surface area contributed by atoms with Crippen LogP contribution < -0.4 is 11.5 Å². The smallest absolute Gasteiger partial charge is 0.255 e. The summed E-state index contributed by atoms with van der Waals surface area (Å²) >= 11 is 0. The number of carbonyl (C=O) groups is 3. The molecule has 0 radical (unpaired) electrons. The molecule has 10 heteroatoms. The van der Waals surface area contributed by atoms with E-state index in [1.807, 2.05) is 0 Å². The first-order valence-corrected chi connectivity index (χ1v) is 12.2. The van der Waals surface area contributed by atoms with Crippen molar-refractivity contribution in [3.05, 3.63) is 81.3 Å². The maximum absolute atomic E-state index is 13.7. The highest BCUT2D eigenvalue weighted by molar-refractivity contribution is 6.24. The number of rotatable bonds is 2. The van der Waals surface area contributed by atoms with Gasteiger partial charge in [-0.15, -0.1) is 0 Å². The van der Waals surface area contributed by atoms with Crippen molar-refractivity contribution < 1.29 is 34.8 Å². The Kier molecular flexibility index (Phi) is 6.01. The van der Waals surface area contributed by atoms with Gasteiger partial charge in [-0.1, -0.05) is 11.8 Å². The zero-order chi connectivity index (χ0) is 28.4. The maximum atomic E-state index is 13.7. The molecular weight excluding hydrogens is 502 g/mol. The van der Waals surface area contributed by atoms with E-state index in [1.165, 1.54) is 11.0 Å². The fraction of sp³-hybridized carbons (Fsp3) is 0.276. The quantitative estimate of drug-likeness (QED) is 0.188. The number of hydrogen-bond donors (Lipinski definition) is 6. The number of Topliss-reactive ketones (excluding diaryl/α,β-unsaturated/α-hetero) is 2. The van der Waals surface area contributed by atoms with Crippen molar-refractivity contribution in [3.8, 4) is 17.6 Å². The Hall–Kier alpha value is -4.59. The highest BCUT2D eigenvalue weighted by Crippen LogP contribution is 2.52. The number of hydrogen-bond acceptors (Lipinski definition) is 9. The number of allylic oxidation sites excluding steroid dienone is 1. The van der Waals surface area contributed by atoms with Gasteiger partial charge in [-0.2, -0.15) is 0 Å². The van der Waals surface area contributed by atoms with Crippen molar-refractivity contribution >= 4 is 23.2 Å². The second-order valence-electron chi connectivity index (χ2n) is 10.3. The molecule has 2 aromatic carbocycles. The number of carbonyl (C=O) groups excluding carboxylic acids is 3. The largest absolute Gasteiger partial charge is 0.510 e. The van der Waals surface area contributed by atoms with Gasteiger partial charge in [0.15, 0.2) is 11.4 Å². The molecule has 0 heterocycles. The van der Waals surface area contributed by atoms with E-state index < -0.39 is 58.0 Å². The fourth-order valence-electron chi connectivity index (χ4n) is 6.07. The average Bonchev–Trinajstić information content (AvgIpc) is 2.86. The van der Waals surface area contributed by atoms with Crippen molar-refractivity contribution in [1.29, 1.82) is 0 Å². The van der Waals surface area contributed by atoms with Gasteiger partial charge in [0.2, 0.25) is 5.78 Å². The Morgan fingerprint density at radius 1 is 1.05 bits per heavy atom. The summed E-state index contributed by atoms with van der Waals surface area (Å²) in [5.41, 5.74) is 9.51. The lowest BCUT2D eigenvalue weighted by molar-refractivity contribution is -0.148. The molecule has 0 aromatic heterocycles. The number of fused-ring (bicyclic) bond motifs is 3. The lowest BCUT2D eigenvalue weighted by atomic mass is 9.58. The molecule has 2 unspecified atom stereocenters. The number of likely N-dealkylation sites (N-methyl/N-ethyl adjacent to an activating group) is 1. The van der Waals surface area contributed by atoms with Gasteiger partial charge in [0.25, 0.3) is 5.91 Å². The van der Waals surface area contributed by atoms with Gasteiger partial charge in [0.05, 0.1) is 11.6 Å². The number of nitrogen functional groups attached to an aromatic ring is 1. The molecule has 0 aliphatic heterocycles. The predicted octanol–water partition coefficient (Wildman–Crippen LogP) is 1.10. The van der Waals surface area contributed by atoms with Crippen molar-refractivity contribution in [2.75, 3.05) is 19.8 Å². The van der Waals surface area contributed by atoms with Gasteiger partial charge in [0, 0.05) is 28.3 Å². The number of phenolic OH excluding ortho intramolecular Hbond substituents is 1. The molecule has 1 amide bonds. The zero-order valence-electron chi connectivity index (χ0n) is 21.2. The Morgan fingerprint density at radius 3 is 2.33 bits per heavy atom. The molecule has 0 spiro atoms. The zero-order valence-corrected chi connectivity index (χ0v) is 21.2. The van der Waals surface area contributed by atoms with Crippen LogP contribution in [-0.4, -0.2) is 68.5 Å². The van der Waals surface area contributed by atoms with E-state index in [0.717, 1.165) is 0 Å². The van der Waals surface area contributed by atoms with Gasteiger partial charge in [-0.05, 0) is 74.8 Å². The van der Waals surface area contributed by atoms with E-state index in [9.17, 15) is 34.8 Å². The van der Waals surface area contributed by atoms with E-state index in [4.69, 9.17) is 11.5 Å². The minimum absolute atomic E-state index is 0.00620. The van der Waals surface area contributed by atoms with Crippen molar-refractivity contribution in [2.45, 2.75) is 24.5 Å². The third-order valence-corrected chi connectivity index (χ3v) is 7.86. The van der Waals surface area contributed by atoms with E-state index >= 15 is 0 Å². The number of aliphatic hydroxyl groups is 3. The molecular formula is C29H27N3O7. The summed E-state index contributed by atoms with van der Waals surface area (Å²) in [5, 5.41) is 44.5. The number of benzene rings is 2. The fourth-order valence-corrected chi connectivity index (χ4v) is 6.07. The SMILES string of the molecule is CN(C)[C@@H]1C(O)=C(C(N)=O)C(=O)[C@@]2(O)C(O)=C3C(=O)c4c(O)ccc(C#Cc5ccc(N)cc5)c4CC3CC12. The number of anilines is 1. The number of primary amides is 1. The summed E-state index contributed by atoms with van der Waals surface area (Å²) in [6.07, 6.45) is 0.168. The third kappa shape index (κ3) is 3.78. The van der Waals surface area contributed by atoms with Gasteiger partial charge in [-0.25, -0.2) is 0 Å². The van der Waals surface area contributed by atoms with E-state index in [2.05, 4.69) is 11.8 Å². The number of aliphatic hydroxyl groups excluding tert-OH is 2. The molecule has 0 bridgehead atoms. The highest BCUT2D eigenvalue weighted by Gasteiger charge is 2.63. The Morgan fingerprint density at radius 2 is 1.72 bits per heavy atom. The summed E-state index contributed by atoms with van der Waals surface area (Å²) < 4.78 is 0. The molecule has 2 aromatic rings. The normalized spacial score (nSPS) is 26.0. The van der Waals surface area contributed by atoms with Gasteiger partial charge >= 0.3 is 0 Å². The van der Waals surface area contributed by atoms with E-state index in [1.54, 1.807) is 44.4 Å². The summed E-state index contributed by atoms with van der Waals surface area (Å²) in [5.74, 6) is -0.847. The summed E-state index contributed by atoms with van der Waals surface area (Å²) in [7, 11) is 3.16. The summed E-state index contributed by atoms with van der Waals surface area (Å²) in [4.78, 5) is 40.7. The molecule has 39 heavy (non-hydrogen) atoms. The van der Waals surface area contributed by atoms with Gasteiger partial charge < -0.3 is 31.9 Å². The van der Waals surface area contributed by atoms with Gasteiger partial charge in [0.1, 0.15) is 22.8 Å². The molecule has 200 valence electrons. The number of ketones is 2. The molecule has 8 N–H and O–H groups in total. The topological polar surface area (TPSA) is 187 Å². The standard InChI is InChI=1S/C29H27N3O7/c1-32(2)23-18-12-15-11-17-14(6-3-13-4-8-16(30)9-5-13)7-10-19(33)21(17)24(34)20(15)26(36)29(18,39)27(37)22(25(23)35)28(31)38/h4-5,7-10,15,18,23,33,35-36,39H,11-12,30H2,1-2H3,(H2,31,38)/t15?,18?,23-,29-/m0/s1. The van der Waals surface area contributed by atoms with Crippen LogP contribution in [0, 0.1) is 23.7 Å². The molecule has 3 aliphatic carbocycles. The average molecular weight is 530 g/mol. The Bertz CT molecular complexity index is 1580. The Labute approximate surface area is 223 Å². The lowest BCUT2D eigenvalue weighted by Crippen LogP contribution is -2.63. The van der Waals surface area contributed by atoms with E-state index in [0.29, 0.717) is 22.4 Å². The monoisotopic (exact) mass is 529 g/mol. The maximum Gasteiger partial charge on any atom is 0.255 e. The Balaban J connectivity index is 1.66. The number of amides is 1.